The standard InChI is InChI=1S/C70H86ClN17/c1-43-13-12-25-73-63(43)56-18-10-20-58(84(56)5)68-77-53-38-45(40-60(65(53)80-68)87-35-33-83(4)34-36-87)47-37-44(2)64(75-42-47)57-19-11-21-59(85(57)6)69-78-54-39-46(41-61(66(54)81-69)86-31-27-72-28-32-86)49-22-26-74-67(62(49)71)51-15-9-16-52(76-51)70-79-50-14-7-8-17-55(50)88(70)48-23-29-82(3)30-24-48/h7-8,12-14,17,22,25-26,37-42,48,51-52,56-59,72,76H,9-11,15-16,18-21,23-24,27-36H2,1-6H3,(H,77,80)(H,78,81)/t51-,52+,56-,57-,58+,59+/m0/s1. The molecule has 0 bridgehead atoms. The first-order valence-corrected chi connectivity index (χ1v) is 33.2. The number of likely N-dealkylation sites (N-methyl/N-ethyl adjacent to an activating group) is 1. The zero-order valence-electron chi connectivity index (χ0n) is 52.2. The number of likely N-dealkylation sites (tertiary alicyclic amines) is 3. The monoisotopic (exact) mass is 1200 g/mol. The number of halogens is 1. The second-order valence-corrected chi connectivity index (χ2v) is 26.9. The van der Waals surface area contributed by atoms with E-state index in [0.717, 1.165) is 220 Å². The zero-order chi connectivity index (χ0) is 59.7. The van der Waals surface area contributed by atoms with Crippen LogP contribution in [0.4, 0.5) is 11.4 Å². The number of rotatable bonds is 11. The van der Waals surface area contributed by atoms with Gasteiger partial charge in [-0.1, -0.05) is 29.8 Å². The number of fused-ring (bicyclic) bond motifs is 3. The molecule has 17 nitrogen and oxygen atoms in total. The Kier molecular flexibility index (Phi) is 15.8. The maximum Gasteiger partial charge on any atom is 0.127 e. The summed E-state index contributed by atoms with van der Waals surface area (Å²) in [6, 6.07) is 27.8. The molecule has 0 unspecified atom stereocenters. The molecule has 458 valence electrons. The number of imidazole rings is 3. The number of anilines is 2. The van der Waals surface area contributed by atoms with Crippen LogP contribution in [-0.4, -0.2) is 158 Å². The van der Waals surface area contributed by atoms with Crippen molar-refractivity contribution in [3.8, 4) is 22.3 Å². The number of hydrogen-bond acceptors (Lipinski definition) is 14. The molecule has 0 saturated carbocycles. The smallest absolute Gasteiger partial charge is 0.127 e. The molecule has 6 atom stereocenters. The molecule has 0 spiro atoms. The normalized spacial score (nSPS) is 24.4. The molecule has 0 amide bonds. The Bertz CT molecular complexity index is 4000. The molecule has 3 aromatic carbocycles. The number of hydrogen-bond donors (Lipinski definition) is 4. The van der Waals surface area contributed by atoms with E-state index in [9.17, 15) is 0 Å². The van der Waals surface area contributed by atoms with Gasteiger partial charge in [-0.15, -0.1) is 0 Å². The summed E-state index contributed by atoms with van der Waals surface area (Å²) in [6.45, 7) is 14.2. The van der Waals surface area contributed by atoms with Gasteiger partial charge in [-0.05, 0) is 203 Å². The predicted octanol–water partition coefficient (Wildman–Crippen LogP) is 12.4. The van der Waals surface area contributed by atoms with Crippen molar-refractivity contribution in [1.29, 1.82) is 0 Å². The van der Waals surface area contributed by atoms with Gasteiger partial charge in [0.15, 0.2) is 0 Å². The fraction of sp³-hybridized carbons (Fsp3) is 0.486. The van der Waals surface area contributed by atoms with Crippen LogP contribution in [0, 0.1) is 13.8 Å². The number of H-pyrrole nitrogens is 2. The van der Waals surface area contributed by atoms with Gasteiger partial charge in [0.05, 0.1) is 91.8 Å². The molecular formula is C70H86ClN17. The number of piperidine rings is 4. The third-order valence-corrected chi connectivity index (χ3v) is 21.4. The van der Waals surface area contributed by atoms with E-state index >= 15 is 0 Å². The number of aryl methyl sites for hydroxylation is 2. The summed E-state index contributed by atoms with van der Waals surface area (Å²) in [5.74, 6) is 3.19. The highest BCUT2D eigenvalue weighted by Gasteiger charge is 2.37. The minimum Gasteiger partial charge on any atom is -0.367 e. The number of piperazine rings is 2. The first-order chi connectivity index (χ1) is 43.0. The quantitative estimate of drug-likeness (QED) is 0.0970. The first-order valence-electron chi connectivity index (χ1n) is 32.8. The summed E-state index contributed by atoms with van der Waals surface area (Å²) in [6.07, 6.45) is 17.7. The van der Waals surface area contributed by atoms with Gasteiger partial charge in [0.1, 0.15) is 28.5 Å². The van der Waals surface area contributed by atoms with Crippen molar-refractivity contribution in [3.63, 3.8) is 0 Å². The van der Waals surface area contributed by atoms with Crippen molar-refractivity contribution < 1.29 is 0 Å². The number of aromatic nitrogens is 9. The predicted molar refractivity (Wildman–Crippen MR) is 354 cm³/mol. The lowest BCUT2D eigenvalue weighted by Crippen LogP contribution is -2.44. The molecular weight excluding hydrogens is 1110 g/mol. The van der Waals surface area contributed by atoms with Gasteiger partial charge in [0.25, 0.3) is 0 Å². The summed E-state index contributed by atoms with van der Waals surface area (Å²) in [5.41, 5.74) is 18.8. The van der Waals surface area contributed by atoms with Gasteiger partial charge in [-0.2, -0.15) is 0 Å². The number of nitrogens with zero attached hydrogens (tertiary/aromatic N) is 13. The average molecular weight is 1200 g/mol. The Labute approximate surface area is 522 Å². The lowest BCUT2D eigenvalue weighted by molar-refractivity contribution is 0.107. The fourth-order valence-electron chi connectivity index (χ4n) is 16.1. The third kappa shape index (κ3) is 10.7. The molecule has 0 aliphatic carbocycles. The van der Waals surface area contributed by atoms with Crippen LogP contribution in [0.1, 0.15) is 159 Å². The lowest BCUT2D eigenvalue weighted by Gasteiger charge is -2.39. The van der Waals surface area contributed by atoms with E-state index in [0.29, 0.717) is 11.1 Å². The Morgan fingerprint density at radius 2 is 1.11 bits per heavy atom. The highest BCUT2D eigenvalue weighted by Crippen LogP contribution is 2.47. The largest absolute Gasteiger partial charge is 0.367 e. The molecule has 6 aliphatic heterocycles. The van der Waals surface area contributed by atoms with Gasteiger partial charge < -0.3 is 39.5 Å². The summed E-state index contributed by atoms with van der Waals surface area (Å²) < 4.78 is 2.57. The van der Waals surface area contributed by atoms with Gasteiger partial charge in [0, 0.05) is 88.1 Å². The van der Waals surface area contributed by atoms with Crippen LogP contribution in [0.25, 0.3) is 55.4 Å². The lowest BCUT2D eigenvalue weighted by atomic mass is 9.91. The van der Waals surface area contributed by atoms with Gasteiger partial charge >= 0.3 is 0 Å². The Balaban J connectivity index is 0.711. The zero-order valence-corrected chi connectivity index (χ0v) is 53.0. The maximum atomic E-state index is 7.69. The second kappa shape index (κ2) is 24.2. The molecule has 6 saturated heterocycles. The summed E-state index contributed by atoms with van der Waals surface area (Å²) in [4.78, 5) is 54.6. The van der Waals surface area contributed by atoms with Crippen LogP contribution in [0.5, 0.6) is 0 Å². The van der Waals surface area contributed by atoms with Crippen LogP contribution in [0.15, 0.2) is 91.4 Å². The molecule has 15 rings (SSSR count). The Morgan fingerprint density at radius 1 is 0.511 bits per heavy atom. The average Bonchev–Trinajstić information content (AvgIpc) is 2.29. The number of aromatic amines is 2. The summed E-state index contributed by atoms with van der Waals surface area (Å²) in [7, 11) is 9.00. The number of pyridine rings is 3. The van der Waals surface area contributed by atoms with Crippen molar-refractivity contribution >= 4 is 56.1 Å². The van der Waals surface area contributed by atoms with Gasteiger partial charge in [0.2, 0.25) is 0 Å². The van der Waals surface area contributed by atoms with Gasteiger partial charge in [-0.3, -0.25) is 30.1 Å². The number of para-hydroxylation sites is 2. The van der Waals surface area contributed by atoms with Crippen LogP contribution in [0.3, 0.4) is 0 Å². The van der Waals surface area contributed by atoms with Crippen LogP contribution < -0.4 is 20.4 Å². The first kappa shape index (κ1) is 57.6. The molecule has 6 fully saturated rings. The van der Waals surface area contributed by atoms with Crippen molar-refractivity contribution in [2.45, 2.75) is 127 Å². The molecule has 18 heteroatoms. The van der Waals surface area contributed by atoms with E-state index in [1.165, 1.54) is 28.0 Å². The van der Waals surface area contributed by atoms with Crippen molar-refractivity contribution in [1.82, 2.24) is 74.7 Å². The number of benzene rings is 3. The molecule has 9 aromatic rings. The van der Waals surface area contributed by atoms with E-state index in [-0.39, 0.29) is 36.3 Å². The highest BCUT2D eigenvalue weighted by molar-refractivity contribution is 6.34. The van der Waals surface area contributed by atoms with Crippen molar-refractivity contribution in [2.24, 2.45) is 0 Å². The minimum absolute atomic E-state index is 0.0118. The summed E-state index contributed by atoms with van der Waals surface area (Å²) in [5, 5.41) is 8.36. The molecule has 6 aromatic heterocycles. The van der Waals surface area contributed by atoms with E-state index in [1.54, 1.807) is 0 Å². The molecule has 12 heterocycles. The Morgan fingerprint density at radius 3 is 1.81 bits per heavy atom. The van der Waals surface area contributed by atoms with E-state index in [1.807, 2.05) is 18.5 Å². The van der Waals surface area contributed by atoms with Crippen molar-refractivity contribution in [3.05, 3.63) is 142 Å². The molecule has 0 radical (unpaired) electrons. The van der Waals surface area contributed by atoms with E-state index in [2.05, 4.69) is 170 Å². The maximum absolute atomic E-state index is 7.69. The minimum atomic E-state index is -0.0118. The summed E-state index contributed by atoms with van der Waals surface area (Å²) >= 11 is 7.69. The molecule has 4 N–H and O–H groups in total. The van der Waals surface area contributed by atoms with E-state index in [4.69, 9.17) is 41.5 Å². The van der Waals surface area contributed by atoms with E-state index < -0.39 is 0 Å². The van der Waals surface area contributed by atoms with Crippen LogP contribution in [0.2, 0.25) is 5.02 Å². The fourth-order valence-corrected chi connectivity index (χ4v) is 16.4. The highest BCUT2D eigenvalue weighted by atomic mass is 35.5. The van der Waals surface area contributed by atoms with Crippen LogP contribution >= 0.6 is 11.6 Å². The SMILES string of the molecule is Cc1cc(-c2cc(N3CCN(C)CC3)c3nc([C@H]4CCC[C@@H](c5ncccc5C)N4C)[nH]c3c2)cnc1[C@@H]1CCC[C@H](c2nc3c(N4CCNCC4)cc(-c4ccnc([C@@H]5CCC[C@H](c6nc7ccccc7n6C6CCN(C)CC6)N5)c4Cl)cc3[nH]2)N1C. The third-order valence-electron chi connectivity index (χ3n) is 21.0. The second-order valence-electron chi connectivity index (χ2n) is 26.6. The van der Waals surface area contributed by atoms with Crippen molar-refractivity contribution in [2.75, 3.05) is 103 Å². The topological polar surface area (TPSA) is 157 Å². The molecule has 88 heavy (non-hydrogen) atoms. The van der Waals surface area contributed by atoms with Gasteiger partial charge in [-0.25, -0.2) is 15.0 Å². The van der Waals surface area contributed by atoms with Crippen LogP contribution in [-0.2, 0) is 0 Å². The molecule has 6 aliphatic rings. The number of nitrogens with one attached hydrogen (secondary N) is 4. The Hall–Kier alpha value is -6.83.